The van der Waals surface area contributed by atoms with Crippen molar-refractivity contribution in [3.63, 3.8) is 0 Å². The van der Waals surface area contributed by atoms with Crippen molar-refractivity contribution in [2.24, 2.45) is 0 Å². The Morgan fingerprint density at radius 3 is 2.50 bits per heavy atom. The molecule has 0 bridgehead atoms. The average Bonchev–Trinajstić information content (AvgIpc) is 3.00. The molecule has 0 saturated carbocycles. The van der Waals surface area contributed by atoms with Gasteiger partial charge in [-0.15, -0.1) is 4.73 Å². The molecule has 8 nitrogen and oxygen atoms in total. The molecule has 0 amide bonds. The van der Waals surface area contributed by atoms with E-state index in [1.54, 1.807) is 28.8 Å². The van der Waals surface area contributed by atoms with Crippen molar-refractivity contribution in [1.82, 2.24) is 24.3 Å². The summed E-state index contributed by atoms with van der Waals surface area (Å²) >= 11 is 0. The normalized spacial score (nSPS) is 12.2. The zero-order valence-electron chi connectivity index (χ0n) is 10.9. The van der Waals surface area contributed by atoms with Gasteiger partial charge in [-0.1, -0.05) is 0 Å². The van der Waals surface area contributed by atoms with Gasteiger partial charge in [0.1, 0.15) is 6.33 Å². The van der Waals surface area contributed by atoms with Crippen molar-refractivity contribution < 1.29 is 5.21 Å². The summed E-state index contributed by atoms with van der Waals surface area (Å²) in [6, 6.07) is 6.62. The van der Waals surface area contributed by atoms with E-state index in [-0.39, 0.29) is 15.5 Å². The highest BCUT2D eigenvalue weighted by molar-refractivity contribution is 6.21. The van der Waals surface area contributed by atoms with Crippen LogP contribution in [-0.2, 0) is 0 Å². The topological polar surface area (TPSA) is 105 Å². The molecule has 0 atom stereocenters. The molecule has 22 heavy (non-hydrogen) atoms. The minimum atomic E-state index is -0.731. The van der Waals surface area contributed by atoms with E-state index in [0.29, 0.717) is 16.6 Å². The molecule has 0 radical (unpaired) electrons. The van der Waals surface area contributed by atoms with Gasteiger partial charge in [0.15, 0.2) is 0 Å². The van der Waals surface area contributed by atoms with Crippen LogP contribution in [0.25, 0.3) is 38.4 Å². The number of benzene rings is 2. The number of H-pyrrole nitrogens is 1. The third-order valence-corrected chi connectivity index (χ3v) is 4.01. The first-order valence-corrected chi connectivity index (χ1v) is 6.51. The quantitative estimate of drug-likeness (QED) is 0.323. The van der Waals surface area contributed by atoms with Gasteiger partial charge in [-0.2, -0.15) is 14.6 Å². The number of aromatic nitrogens is 5. The van der Waals surface area contributed by atoms with Gasteiger partial charge in [0.05, 0.1) is 21.8 Å². The smallest absolute Gasteiger partial charge is 0.294 e. The number of rotatable bonds is 0. The number of pyridine rings is 1. The molecule has 5 rings (SSSR count). The Morgan fingerprint density at radius 1 is 1.00 bits per heavy atom. The molecule has 2 N–H and O–H groups in total. The monoisotopic (exact) mass is 293 g/mol. The molecule has 0 aliphatic carbocycles. The number of fused-ring (bicyclic) bond motifs is 2. The van der Waals surface area contributed by atoms with Crippen LogP contribution in [0.5, 0.6) is 0 Å². The van der Waals surface area contributed by atoms with Crippen LogP contribution in [0.3, 0.4) is 0 Å². The summed E-state index contributed by atoms with van der Waals surface area (Å²) in [6.07, 6.45) is 1.42. The molecule has 8 heteroatoms. The first-order valence-electron chi connectivity index (χ1n) is 6.51. The number of hydrogen-bond donors (Lipinski definition) is 2. The second-order valence-electron chi connectivity index (χ2n) is 5.09. The van der Waals surface area contributed by atoms with E-state index in [1.807, 2.05) is 0 Å². The van der Waals surface area contributed by atoms with Crippen LogP contribution in [-0.4, -0.2) is 29.5 Å². The number of nitrogens with zero attached hydrogens (tertiary/aromatic N) is 4. The third kappa shape index (κ3) is 1.10. The van der Waals surface area contributed by atoms with Crippen molar-refractivity contribution in [1.29, 1.82) is 0 Å². The van der Waals surface area contributed by atoms with E-state index in [9.17, 15) is 14.8 Å². The summed E-state index contributed by atoms with van der Waals surface area (Å²) in [7, 11) is 0. The summed E-state index contributed by atoms with van der Waals surface area (Å²) in [6.45, 7) is 0. The van der Waals surface area contributed by atoms with Gasteiger partial charge in [-0.05, 0) is 24.3 Å². The lowest BCUT2D eigenvalue weighted by Crippen LogP contribution is -2.31. The van der Waals surface area contributed by atoms with Gasteiger partial charge >= 0.3 is 0 Å². The van der Waals surface area contributed by atoms with E-state index >= 15 is 0 Å². The lowest BCUT2D eigenvalue weighted by molar-refractivity contribution is 0.168. The van der Waals surface area contributed by atoms with Crippen LogP contribution in [0.4, 0.5) is 0 Å². The molecule has 0 aliphatic heterocycles. The van der Waals surface area contributed by atoms with Crippen molar-refractivity contribution >= 4 is 38.4 Å². The molecular weight excluding hydrogens is 286 g/mol. The summed E-state index contributed by atoms with van der Waals surface area (Å²) in [4.78, 5) is 31.5. The predicted molar refractivity (Wildman–Crippen MR) is 78.8 cm³/mol. The van der Waals surface area contributed by atoms with E-state index < -0.39 is 11.1 Å². The number of hydrogen-bond acceptors (Lipinski definition) is 5. The Balaban J connectivity index is 2.28. The first kappa shape index (κ1) is 11.3. The maximum absolute atomic E-state index is 12.1. The van der Waals surface area contributed by atoms with Gasteiger partial charge in [0.2, 0.25) is 5.78 Å². The highest BCUT2D eigenvalue weighted by Gasteiger charge is 2.18. The third-order valence-electron chi connectivity index (χ3n) is 4.01. The fourth-order valence-corrected chi connectivity index (χ4v) is 3.06. The summed E-state index contributed by atoms with van der Waals surface area (Å²) in [5, 5.41) is 15.6. The molecule has 106 valence electrons. The molecule has 2 aromatic carbocycles. The molecule has 0 spiro atoms. The predicted octanol–water partition coefficient (Wildman–Crippen LogP) is 0.714. The summed E-state index contributed by atoms with van der Waals surface area (Å²) in [5.74, 6) is 0.563. The fourth-order valence-electron chi connectivity index (χ4n) is 3.06. The highest BCUT2D eigenvalue weighted by Crippen LogP contribution is 2.30. The standard InChI is InChI=1S/C14H7N5O3/c20-12-6-1-3-8-11-9(18-14(17-8)15-5-16-18)4-2-7(10(6)11)13(21)19(12)22/h1-5,22H,(H,15,16,17). The van der Waals surface area contributed by atoms with Gasteiger partial charge in [-0.3, -0.25) is 9.59 Å². The fraction of sp³-hybridized carbons (Fsp3) is 0. The van der Waals surface area contributed by atoms with E-state index in [2.05, 4.69) is 15.1 Å². The molecule has 0 fully saturated rings. The van der Waals surface area contributed by atoms with Gasteiger partial charge in [-0.25, -0.2) is 0 Å². The lowest BCUT2D eigenvalue weighted by atomic mass is 10.0. The van der Waals surface area contributed by atoms with Crippen LogP contribution in [0.1, 0.15) is 0 Å². The van der Waals surface area contributed by atoms with E-state index in [0.717, 1.165) is 11.0 Å². The minimum Gasteiger partial charge on any atom is -0.422 e. The van der Waals surface area contributed by atoms with Crippen LogP contribution in [0.2, 0.25) is 0 Å². The van der Waals surface area contributed by atoms with Crippen molar-refractivity contribution in [2.45, 2.75) is 0 Å². The van der Waals surface area contributed by atoms with Crippen LogP contribution in [0.15, 0.2) is 40.2 Å². The molecule has 0 saturated heterocycles. The average molecular weight is 293 g/mol. The Kier molecular flexibility index (Phi) is 1.75. The maximum Gasteiger partial charge on any atom is 0.294 e. The van der Waals surface area contributed by atoms with Crippen LogP contribution in [0, 0.1) is 0 Å². The number of nitrogens with one attached hydrogen (secondary N) is 1. The van der Waals surface area contributed by atoms with Crippen LogP contribution >= 0.6 is 0 Å². The first-order chi connectivity index (χ1) is 10.7. The second-order valence-corrected chi connectivity index (χ2v) is 5.09. The summed E-state index contributed by atoms with van der Waals surface area (Å²) in [5.41, 5.74) is 0.00750. The van der Waals surface area contributed by atoms with Gasteiger partial charge < -0.3 is 10.2 Å². The Morgan fingerprint density at radius 2 is 1.73 bits per heavy atom. The number of aromatic amines is 1. The second kappa shape index (κ2) is 3.42. The SMILES string of the molecule is O=c1c2ccc3[nH]c4ncnn4c4ccc(c(=O)n1O)c2c34. The molecular formula is C14H7N5O3. The minimum absolute atomic E-state index is 0.149. The van der Waals surface area contributed by atoms with Crippen LogP contribution < -0.4 is 11.1 Å². The Hall–Kier alpha value is -3.42. The van der Waals surface area contributed by atoms with Gasteiger partial charge in [0, 0.05) is 10.8 Å². The molecule has 0 aliphatic rings. The Labute approximate surface area is 120 Å². The largest absolute Gasteiger partial charge is 0.422 e. The molecule has 3 aromatic heterocycles. The van der Waals surface area contributed by atoms with Crippen molar-refractivity contribution in [3.8, 4) is 0 Å². The van der Waals surface area contributed by atoms with Gasteiger partial charge in [0.25, 0.3) is 11.1 Å². The highest BCUT2D eigenvalue weighted by atomic mass is 16.5. The van der Waals surface area contributed by atoms with E-state index in [4.69, 9.17) is 0 Å². The van der Waals surface area contributed by atoms with E-state index in [1.165, 1.54) is 6.33 Å². The lowest BCUT2D eigenvalue weighted by Gasteiger charge is -2.11. The summed E-state index contributed by atoms with van der Waals surface area (Å²) < 4.78 is 1.76. The molecule has 5 aromatic rings. The molecule has 0 unspecified atom stereocenters. The van der Waals surface area contributed by atoms with Crippen molar-refractivity contribution in [2.75, 3.05) is 0 Å². The maximum atomic E-state index is 12.1. The Bertz CT molecular complexity index is 1290. The molecule has 3 heterocycles. The van der Waals surface area contributed by atoms with Crippen molar-refractivity contribution in [3.05, 3.63) is 51.3 Å². The zero-order chi connectivity index (χ0) is 15.0. The zero-order valence-corrected chi connectivity index (χ0v) is 10.9.